The number of nitrogens with zero attached hydrogens (tertiary/aromatic N) is 5. The van der Waals surface area contributed by atoms with Gasteiger partial charge in [0.2, 0.25) is 5.91 Å². The second-order valence-corrected chi connectivity index (χ2v) is 12.6. The van der Waals surface area contributed by atoms with Crippen LogP contribution in [-0.2, 0) is 19.1 Å². The molecular formula is C31H43FN8O4. The molecule has 4 heterocycles. The molecule has 3 atom stereocenters. The Bertz CT molecular complexity index is 1450. The van der Waals surface area contributed by atoms with E-state index < -0.39 is 17.3 Å². The number of carbonyl (C=O) groups is 2. The molecule has 0 bridgehead atoms. The SMILES string of the molecule is C[C@H](Nc1ncnc2c1ncn2C1CCCCO1)C(=O)Nc1ccc(F)cc1N[C@H]1CCCN(CCOC(=O)C(C)(C)C)C1. The van der Waals surface area contributed by atoms with E-state index in [1.165, 1.54) is 18.5 Å². The molecule has 44 heavy (non-hydrogen) atoms. The Labute approximate surface area is 257 Å². The Morgan fingerprint density at radius 1 is 1.14 bits per heavy atom. The lowest BCUT2D eigenvalue weighted by molar-refractivity contribution is -0.153. The van der Waals surface area contributed by atoms with Crippen LogP contribution in [0.2, 0.25) is 0 Å². The van der Waals surface area contributed by atoms with Crippen molar-refractivity contribution in [2.75, 3.05) is 48.8 Å². The Morgan fingerprint density at radius 3 is 2.75 bits per heavy atom. The molecule has 0 radical (unpaired) electrons. The van der Waals surface area contributed by atoms with Crippen molar-refractivity contribution in [3.63, 3.8) is 0 Å². The normalized spacial score (nSPS) is 20.2. The third kappa shape index (κ3) is 7.81. The van der Waals surface area contributed by atoms with Crippen molar-refractivity contribution in [1.82, 2.24) is 24.4 Å². The third-order valence-corrected chi connectivity index (χ3v) is 7.93. The maximum atomic E-state index is 14.3. The van der Waals surface area contributed by atoms with Crippen LogP contribution in [0.25, 0.3) is 11.2 Å². The topological polar surface area (TPSA) is 136 Å². The number of nitrogens with one attached hydrogen (secondary N) is 3. The quantitative estimate of drug-likeness (QED) is 0.280. The molecule has 2 fully saturated rings. The molecule has 1 amide bonds. The summed E-state index contributed by atoms with van der Waals surface area (Å²) in [5.74, 6) is -0.493. The van der Waals surface area contributed by atoms with E-state index >= 15 is 0 Å². The van der Waals surface area contributed by atoms with Gasteiger partial charge >= 0.3 is 5.97 Å². The minimum atomic E-state index is -0.678. The monoisotopic (exact) mass is 610 g/mol. The molecule has 13 heteroatoms. The minimum Gasteiger partial charge on any atom is -0.464 e. The van der Waals surface area contributed by atoms with Crippen LogP contribution in [0.3, 0.4) is 0 Å². The Morgan fingerprint density at radius 2 is 1.98 bits per heavy atom. The van der Waals surface area contributed by atoms with Crippen LogP contribution < -0.4 is 16.0 Å². The fourth-order valence-corrected chi connectivity index (χ4v) is 5.45. The number of halogens is 1. The van der Waals surface area contributed by atoms with Gasteiger partial charge in [0.1, 0.15) is 31.0 Å². The number of ether oxygens (including phenoxy) is 2. The van der Waals surface area contributed by atoms with E-state index in [-0.39, 0.29) is 24.1 Å². The van der Waals surface area contributed by atoms with Gasteiger partial charge in [0.05, 0.1) is 23.1 Å². The van der Waals surface area contributed by atoms with Crippen LogP contribution in [0.1, 0.15) is 66.0 Å². The van der Waals surface area contributed by atoms with Crippen LogP contribution in [0.4, 0.5) is 21.6 Å². The molecule has 5 rings (SSSR count). The van der Waals surface area contributed by atoms with Crippen molar-refractivity contribution in [1.29, 1.82) is 0 Å². The van der Waals surface area contributed by atoms with Gasteiger partial charge in [0.25, 0.3) is 0 Å². The van der Waals surface area contributed by atoms with E-state index in [2.05, 4.69) is 35.8 Å². The molecule has 2 aromatic heterocycles. The zero-order valence-corrected chi connectivity index (χ0v) is 25.9. The van der Waals surface area contributed by atoms with Crippen molar-refractivity contribution < 1.29 is 23.5 Å². The number of aromatic nitrogens is 4. The second kappa shape index (κ2) is 13.9. The van der Waals surface area contributed by atoms with E-state index in [0.717, 1.165) is 38.6 Å². The highest BCUT2D eigenvalue weighted by molar-refractivity contribution is 5.99. The Balaban J connectivity index is 1.20. The van der Waals surface area contributed by atoms with Gasteiger partial charge < -0.3 is 25.4 Å². The minimum absolute atomic E-state index is 0.0348. The number of likely N-dealkylation sites (tertiary alicyclic amines) is 1. The number of fused-ring (bicyclic) bond motifs is 1. The van der Waals surface area contributed by atoms with E-state index in [1.54, 1.807) is 19.3 Å². The zero-order chi connectivity index (χ0) is 31.3. The van der Waals surface area contributed by atoms with Crippen LogP contribution >= 0.6 is 0 Å². The molecule has 2 aliphatic rings. The number of benzene rings is 1. The van der Waals surface area contributed by atoms with Gasteiger partial charge in [-0.05, 0) is 84.5 Å². The summed E-state index contributed by atoms with van der Waals surface area (Å²) in [7, 11) is 0. The van der Waals surface area contributed by atoms with E-state index in [9.17, 15) is 14.0 Å². The summed E-state index contributed by atoms with van der Waals surface area (Å²) in [6, 6.07) is 3.63. The van der Waals surface area contributed by atoms with Crippen molar-refractivity contribution in [2.24, 2.45) is 5.41 Å². The molecule has 2 aliphatic heterocycles. The molecule has 1 aromatic carbocycles. The van der Waals surface area contributed by atoms with E-state index in [4.69, 9.17) is 9.47 Å². The first-order valence-corrected chi connectivity index (χ1v) is 15.4. The number of anilines is 3. The van der Waals surface area contributed by atoms with Gasteiger partial charge in [-0.3, -0.25) is 19.1 Å². The summed E-state index contributed by atoms with van der Waals surface area (Å²) >= 11 is 0. The number of amides is 1. The number of hydrogen-bond donors (Lipinski definition) is 3. The van der Waals surface area contributed by atoms with E-state index in [0.29, 0.717) is 54.7 Å². The van der Waals surface area contributed by atoms with Crippen LogP contribution in [0.5, 0.6) is 0 Å². The number of carbonyl (C=O) groups excluding carboxylic acids is 2. The summed E-state index contributed by atoms with van der Waals surface area (Å²) < 4.78 is 27.6. The van der Waals surface area contributed by atoms with E-state index in [1.807, 2.05) is 25.3 Å². The highest BCUT2D eigenvalue weighted by Gasteiger charge is 2.26. The molecule has 0 spiro atoms. The summed E-state index contributed by atoms with van der Waals surface area (Å²) in [5.41, 5.74) is 1.65. The number of esters is 1. The van der Waals surface area contributed by atoms with Crippen LogP contribution in [0, 0.1) is 11.2 Å². The molecule has 238 valence electrons. The summed E-state index contributed by atoms with van der Waals surface area (Å²) in [6.45, 7) is 10.5. The highest BCUT2D eigenvalue weighted by atomic mass is 19.1. The molecule has 0 aliphatic carbocycles. The first-order chi connectivity index (χ1) is 21.1. The smallest absolute Gasteiger partial charge is 0.311 e. The molecule has 0 saturated carbocycles. The predicted molar refractivity (Wildman–Crippen MR) is 166 cm³/mol. The highest BCUT2D eigenvalue weighted by Crippen LogP contribution is 2.29. The fraction of sp³-hybridized carbons (Fsp3) is 0.581. The molecular weight excluding hydrogens is 567 g/mol. The first kappa shape index (κ1) is 31.6. The lowest BCUT2D eigenvalue weighted by Gasteiger charge is -2.34. The number of rotatable bonds is 10. The lowest BCUT2D eigenvalue weighted by atomic mass is 9.97. The zero-order valence-electron chi connectivity index (χ0n) is 25.9. The number of imidazole rings is 1. The maximum absolute atomic E-state index is 14.3. The van der Waals surface area contributed by atoms with Crippen LogP contribution in [-0.4, -0.2) is 81.2 Å². The number of hydrogen-bond acceptors (Lipinski definition) is 10. The summed E-state index contributed by atoms with van der Waals surface area (Å²) in [4.78, 5) is 40.9. The third-order valence-electron chi connectivity index (χ3n) is 7.93. The molecule has 2 saturated heterocycles. The molecule has 3 N–H and O–H groups in total. The van der Waals surface area contributed by atoms with Crippen molar-refractivity contribution in [3.05, 3.63) is 36.7 Å². The first-order valence-electron chi connectivity index (χ1n) is 15.4. The van der Waals surface area contributed by atoms with Gasteiger partial charge in [-0.25, -0.2) is 19.3 Å². The average molecular weight is 611 g/mol. The predicted octanol–water partition coefficient (Wildman–Crippen LogP) is 4.57. The summed E-state index contributed by atoms with van der Waals surface area (Å²) in [5, 5.41) is 9.52. The number of piperidine rings is 1. The fourth-order valence-electron chi connectivity index (χ4n) is 5.45. The van der Waals surface area contributed by atoms with Crippen LogP contribution in [0.15, 0.2) is 30.9 Å². The standard InChI is InChI=1S/C31H43FN8O4/c1-20(36-27-26-28(34-18-33-27)40(19-35-26)25-9-5-6-14-43-25)29(41)38-23-11-10-21(32)16-24(23)37-22-8-7-12-39(17-22)13-15-44-30(42)31(2,3)4/h10-11,16,18-20,22,25,37H,5-9,12-15,17H2,1-4H3,(H,38,41)(H,33,34,36)/t20-,22-,25?/m0/s1. The lowest BCUT2D eigenvalue weighted by Crippen LogP contribution is -2.44. The average Bonchev–Trinajstić information content (AvgIpc) is 3.44. The van der Waals surface area contributed by atoms with Gasteiger partial charge in [-0.2, -0.15) is 0 Å². The summed E-state index contributed by atoms with van der Waals surface area (Å²) in [6.07, 6.45) is 7.86. The maximum Gasteiger partial charge on any atom is 0.311 e. The van der Waals surface area contributed by atoms with Crippen molar-refractivity contribution in [3.8, 4) is 0 Å². The van der Waals surface area contributed by atoms with Crippen molar-refractivity contribution in [2.45, 2.75) is 78.1 Å². The Kier molecular flexibility index (Phi) is 9.94. The molecule has 12 nitrogen and oxygen atoms in total. The second-order valence-electron chi connectivity index (χ2n) is 12.6. The van der Waals surface area contributed by atoms with Gasteiger partial charge in [0, 0.05) is 25.7 Å². The largest absolute Gasteiger partial charge is 0.464 e. The van der Waals surface area contributed by atoms with Gasteiger partial charge in [-0.1, -0.05) is 0 Å². The molecule has 1 unspecified atom stereocenters. The Hall–Kier alpha value is -3.84. The van der Waals surface area contributed by atoms with Gasteiger partial charge in [0.15, 0.2) is 17.0 Å². The molecule has 3 aromatic rings. The van der Waals surface area contributed by atoms with Crippen molar-refractivity contribution >= 4 is 40.2 Å². The van der Waals surface area contributed by atoms with Gasteiger partial charge in [-0.15, -0.1) is 0 Å².